The summed E-state index contributed by atoms with van der Waals surface area (Å²) in [5.41, 5.74) is 5.75. The van der Waals surface area contributed by atoms with Crippen molar-refractivity contribution in [3.63, 3.8) is 0 Å². The first-order valence-electron chi connectivity index (χ1n) is 5.58. The molecule has 0 saturated carbocycles. The Labute approximate surface area is 83.5 Å². The number of nitrogens with two attached hydrogens (primary N) is 1. The molecule has 0 amide bonds. The van der Waals surface area contributed by atoms with Crippen molar-refractivity contribution in [1.82, 2.24) is 4.90 Å². The van der Waals surface area contributed by atoms with Crippen LogP contribution in [0.2, 0.25) is 0 Å². The van der Waals surface area contributed by atoms with E-state index in [4.69, 9.17) is 5.73 Å². The quantitative estimate of drug-likeness (QED) is 0.658. The van der Waals surface area contributed by atoms with E-state index in [0.29, 0.717) is 11.8 Å². The second-order valence-corrected chi connectivity index (χ2v) is 4.13. The summed E-state index contributed by atoms with van der Waals surface area (Å²) in [4.78, 5) is 2.50. The Morgan fingerprint density at radius 3 is 2.15 bits per heavy atom. The summed E-state index contributed by atoms with van der Waals surface area (Å²) in [6, 6.07) is 0. The van der Waals surface area contributed by atoms with Crippen molar-refractivity contribution in [3.05, 3.63) is 0 Å². The topological polar surface area (TPSA) is 29.3 Å². The average Bonchev–Trinajstić information content (AvgIpc) is 2.11. The predicted octanol–water partition coefficient (Wildman–Crippen LogP) is 1.95. The molecule has 0 aliphatic rings. The highest BCUT2D eigenvalue weighted by Crippen LogP contribution is 2.11. The van der Waals surface area contributed by atoms with Crippen LogP contribution in [0, 0.1) is 11.8 Å². The summed E-state index contributed by atoms with van der Waals surface area (Å²) in [6.45, 7) is 13.3. The average molecular weight is 186 g/mol. The number of hydrogen-bond donors (Lipinski definition) is 1. The van der Waals surface area contributed by atoms with Gasteiger partial charge in [-0.3, -0.25) is 0 Å². The molecule has 1 unspecified atom stereocenters. The van der Waals surface area contributed by atoms with E-state index in [1.54, 1.807) is 0 Å². The zero-order chi connectivity index (χ0) is 10.3. The van der Waals surface area contributed by atoms with Crippen molar-refractivity contribution in [2.24, 2.45) is 17.6 Å². The van der Waals surface area contributed by atoms with Gasteiger partial charge in [-0.25, -0.2) is 0 Å². The van der Waals surface area contributed by atoms with Crippen molar-refractivity contribution >= 4 is 0 Å². The third-order valence-corrected chi connectivity index (χ3v) is 2.73. The molecule has 0 spiro atoms. The van der Waals surface area contributed by atoms with Crippen LogP contribution in [0.15, 0.2) is 0 Å². The Bertz CT molecular complexity index is 113. The molecule has 0 fully saturated rings. The molecule has 0 saturated heterocycles. The Morgan fingerprint density at radius 1 is 1.23 bits per heavy atom. The minimum Gasteiger partial charge on any atom is -0.330 e. The van der Waals surface area contributed by atoms with E-state index < -0.39 is 0 Å². The minimum absolute atomic E-state index is 0.659. The molecule has 13 heavy (non-hydrogen) atoms. The Balaban J connectivity index is 3.87. The van der Waals surface area contributed by atoms with Gasteiger partial charge in [-0.15, -0.1) is 0 Å². The molecule has 0 bridgehead atoms. The zero-order valence-corrected chi connectivity index (χ0v) is 9.71. The van der Waals surface area contributed by atoms with Gasteiger partial charge in [0.15, 0.2) is 0 Å². The van der Waals surface area contributed by atoms with Crippen LogP contribution in [0.5, 0.6) is 0 Å². The van der Waals surface area contributed by atoms with E-state index in [1.165, 1.54) is 19.5 Å². The van der Waals surface area contributed by atoms with Gasteiger partial charge in [0, 0.05) is 6.54 Å². The molecule has 0 aromatic heterocycles. The molecule has 0 rings (SSSR count). The molecular formula is C11H26N2. The summed E-state index contributed by atoms with van der Waals surface area (Å²) in [5, 5.41) is 0. The van der Waals surface area contributed by atoms with Gasteiger partial charge in [-0.1, -0.05) is 27.7 Å². The van der Waals surface area contributed by atoms with E-state index in [1.807, 2.05) is 0 Å². The van der Waals surface area contributed by atoms with Crippen molar-refractivity contribution in [2.75, 3.05) is 26.2 Å². The second-order valence-electron chi connectivity index (χ2n) is 4.13. The molecule has 2 nitrogen and oxygen atoms in total. The molecule has 0 heterocycles. The lowest BCUT2D eigenvalue weighted by Crippen LogP contribution is -2.35. The zero-order valence-electron chi connectivity index (χ0n) is 9.71. The van der Waals surface area contributed by atoms with E-state index in [-0.39, 0.29) is 0 Å². The molecule has 80 valence electrons. The Kier molecular flexibility index (Phi) is 7.29. The number of hydrogen-bond acceptors (Lipinski definition) is 2. The predicted molar refractivity (Wildman–Crippen MR) is 59.8 cm³/mol. The van der Waals surface area contributed by atoms with Crippen molar-refractivity contribution in [1.29, 1.82) is 0 Å². The van der Waals surface area contributed by atoms with Crippen LogP contribution in [-0.4, -0.2) is 31.1 Å². The molecule has 0 radical (unpaired) electrons. The fourth-order valence-corrected chi connectivity index (χ4v) is 1.58. The third-order valence-electron chi connectivity index (χ3n) is 2.73. The molecule has 0 aromatic carbocycles. The van der Waals surface area contributed by atoms with Crippen LogP contribution in [-0.2, 0) is 0 Å². The largest absolute Gasteiger partial charge is 0.330 e. The summed E-state index contributed by atoms with van der Waals surface area (Å²) in [6.07, 6.45) is 1.24. The molecule has 2 heteroatoms. The number of rotatable bonds is 7. The fraction of sp³-hybridized carbons (Fsp3) is 1.00. The second kappa shape index (κ2) is 7.34. The SMILES string of the molecule is CCCN(CC)CC(CN)C(C)C. The monoisotopic (exact) mass is 186 g/mol. The van der Waals surface area contributed by atoms with E-state index in [9.17, 15) is 0 Å². The van der Waals surface area contributed by atoms with Crippen LogP contribution in [0.1, 0.15) is 34.1 Å². The van der Waals surface area contributed by atoms with Crippen LogP contribution < -0.4 is 5.73 Å². The maximum Gasteiger partial charge on any atom is 0.00240 e. The standard InChI is InChI=1S/C11H26N2/c1-5-7-13(6-2)9-11(8-12)10(3)4/h10-11H,5-9,12H2,1-4H3. The molecule has 0 aromatic rings. The normalized spacial score (nSPS) is 14.1. The molecule has 1 atom stereocenters. The van der Waals surface area contributed by atoms with E-state index >= 15 is 0 Å². The molecule has 2 N–H and O–H groups in total. The van der Waals surface area contributed by atoms with Crippen molar-refractivity contribution < 1.29 is 0 Å². The molecule has 0 aliphatic carbocycles. The van der Waals surface area contributed by atoms with Gasteiger partial charge in [-0.2, -0.15) is 0 Å². The minimum atomic E-state index is 0.659. The Hall–Kier alpha value is -0.0800. The lowest BCUT2D eigenvalue weighted by Gasteiger charge is -2.27. The molecular weight excluding hydrogens is 160 g/mol. The lowest BCUT2D eigenvalue weighted by atomic mass is 9.95. The van der Waals surface area contributed by atoms with Crippen LogP contribution >= 0.6 is 0 Å². The van der Waals surface area contributed by atoms with Crippen LogP contribution in [0.25, 0.3) is 0 Å². The van der Waals surface area contributed by atoms with Gasteiger partial charge in [0.05, 0.1) is 0 Å². The lowest BCUT2D eigenvalue weighted by molar-refractivity contribution is 0.213. The highest BCUT2D eigenvalue weighted by Gasteiger charge is 2.14. The summed E-state index contributed by atoms with van der Waals surface area (Å²) in [7, 11) is 0. The Morgan fingerprint density at radius 2 is 1.85 bits per heavy atom. The first kappa shape index (κ1) is 12.9. The van der Waals surface area contributed by atoms with Gasteiger partial charge in [0.1, 0.15) is 0 Å². The van der Waals surface area contributed by atoms with Gasteiger partial charge >= 0.3 is 0 Å². The summed E-state index contributed by atoms with van der Waals surface area (Å²) >= 11 is 0. The van der Waals surface area contributed by atoms with Gasteiger partial charge in [0.2, 0.25) is 0 Å². The maximum atomic E-state index is 5.75. The van der Waals surface area contributed by atoms with E-state index in [0.717, 1.165) is 13.1 Å². The van der Waals surface area contributed by atoms with E-state index in [2.05, 4.69) is 32.6 Å². The number of nitrogens with zero attached hydrogens (tertiary/aromatic N) is 1. The third kappa shape index (κ3) is 5.27. The smallest absolute Gasteiger partial charge is 0.00240 e. The van der Waals surface area contributed by atoms with Gasteiger partial charge < -0.3 is 10.6 Å². The van der Waals surface area contributed by atoms with Crippen LogP contribution in [0.3, 0.4) is 0 Å². The van der Waals surface area contributed by atoms with Crippen LogP contribution in [0.4, 0.5) is 0 Å². The highest BCUT2D eigenvalue weighted by molar-refractivity contribution is 4.68. The first-order valence-corrected chi connectivity index (χ1v) is 5.58. The summed E-state index contributed by atoms with van der Waals surface area (Å²) < 4.78 is 0. The molecule has 0 aliphatic heterocycles. The van der Waals surface area contributed by atoms with Crippen molar-refractivity contribution in [3.8, 4) is 0 Å². The maximum absolute atomic E-state index is 5.75. The highest BCUT2D eigenvalue weighted by atomic mass is 15.1. The van der Waals surface area contributed by atoms with Gasteiger partial charge in [0.25, 0.3) is 0 Å². The fourth-order valence-electron chi connectivity index (χ4n) is 1.58. The summed E-state index contributed by atoms with van der Waals surface area (Å²) in [5.74, 6) is 1.36. The van der Waals surface area contributed by atoms with Crippen molar-refractivity contribution in [2.45, 2.75) is 34.1 Å². The first-order chi connectivity index (χ1) is 6.15. The van der Waals surface area contributed by atoms with Gasteiger partial charge in [-0.05, 0) is 37.9 Å².